The summed E-state index contributed by atoms with van der Waals surface area (Å²) in [5.74, 6) is 0.0154. The molecule has 0 saturated carbocycles. The molecule has 90 valence electrons. The molecule has 0 aromatic carbocycles. The standard InChI is InChI=1S/C12H20N2O2/c1-10(6-5-9-15)13-12(16)11(2)14-7-3-4-8-14/h3-4,7-8,10-11,15H,5-6,9H2,1-2H3,(H,13,16). The van der Waals surface area contributed by atoms with E-state index in [0.717, 1.165) is 12.8 Å². The van der Waals surface area contributed by atoms with E-state index in [0.29, 0.717) is 0 Å². The largest absolute Gasteiger partial charge is 0.396 e. The second-order valence-corrected chi connectivity index (χ2v) is 4.08. The van der Waals surface area contributed by atoms with Gasteiger partial charge in [0.2, 0.25) is 5.91 Å². The van der Waals surface area contributed by atoms with Crippen molar-refractivity contribution in [3.8, 4) is 0 Å². The maximum Gasteiger partial charge on any atom is 0.242 e. The lowest BCUT2D eigenvalue weighted by atomic mass is 10.2. The van der Waals surface area contributed by atoms with Gasteiger partial charge in [0.25, 0.3) is 0 Å². The maximum atomic E-state index is 11.8. The lowest BCUT2D eigenvalue weighted by Gasteiger charge is -2.18. The Balaban J connectivity index is 2.40. The first-order valence-corrected chi connectivity index (χ1v) is 5.69. The first kappa shape index (κ1) is 12.8. The Labute approximate surface area is 96.3 Å². The Morgan fingerprint density at radius 3 is 2.56 bits per heavy atom. The van der Waals surface area contributed by atoms with Gasteiger partial charge in [0.05, 0.1) is 0 Å². The van der Waals surface area contributed by atoms with Gasteiger partial charge < -0.3 is 15.0 Å². The van der Waals surface area contributed by atoms with Gasteiger partial charge >= 0.3 is 0 Å². The number of rotatable bonds is 6. The van der Waals surface area contributed by atoms with Crippen LogP contribution in [0.15, 0.2) is 24.5 Å². The third kappa shape index (κ3) is 3.70. The van der Waals surface area contributed by atoms with Gasteiger partial charge in [-0.2, -0.15) is 0 Å². The molecule has 1 aromatic heterocycles. The van der Waals surface area contributed by atoms with E-state index in [1.165, 1.54) is 0 Å². The van der Waals surface area contributed by atoms with Crippen molar-refractivity contribution in [3.05, 3.63) is 24.5 Å². The lowest BCUT2D eigenvalue weighted by Crippen LogP contribution is -2.37. The molecule has 2 N–H and O–H groups in total. The van der Waals surface area contributed by atoms with Crippen LogP contribution in [0.3, 0.4) is 0 Å². The molecule has 1 heterocycles. The Morgan fingerprint density at radius 1 is 1.38 bits per heavy atom. The van der Waals surface area contributed by atoms with Crippen molar-refractivity contribution in [1.82, 2.24) is 9.88 Å². The van der Waals surface area contributed by atoms with Gasteiger partial charge in [0.15, 0.2) is 0 Å². The molecule has 0 radical (unpaired) electrons. The molecule has 0 spiro atoms. The summed E-state index contributed by atoms with van der Waals surface area (Å²) < 4.78 is 1.87. The Kier molecular flexibility index (Phi) is 5.05. The van der Waals surface area contributed by atoms with Crippen molar-refractivity contribution in [1.29, 1.82) is 0 Å². The van der Waals surface area contributed by atoms with Crippen molar-refractivity contribution in [3.63, 3.8) is 0 Å². The molecular weight excluding hydrogens is 204 g/mol. The predicted octanol–water partition coefficient (Wildman–Crippen LogP) is 1.33. The van der Waals surface area contributed by atoms with Crippen molar-refractivity contribution in [2.45, 2.75) is 38.8 Å². The number of amides is 1. The van der Waals surface area contributed by atoms with E-state index >= 15 is 0 Å². The number of hydrogen-bond acceptors (Lipinski definition) is 2. The minimum atomic E-state index is -0.188. The molecule has 2 unspecified atom stereocenters. The lowest BCUT2D eigenvalue weighted by molar-refractivity contribution is -0.124. The molecule has 4 nitrogen and oxygen atoms in total. The minimum absolute atomic E-state index is 0.0154. The summed E-state index contributed by atoms with van der Waals surface area (Å²) in [6.45, 7) is 4.00. The highest BCUT2D eigenvalue weighted by atomic mass is 16.3. The average molecular weight is 224 g/mol. The fourth-order valence-electron chi connectivity index (χ4n) is 1.57. The molecule has 0 aliphatic rings. The van der Waals surface area contributed by atoms with Crippen molar-refractivity contribution in [2.24, 2.45) is 0 Å². The average Bonchev–Trinajstić information content (AvgIpc) is 2.78. The number of nitrogens with one attached hydrogen (secondary N) is 1. The van der Waals surface area contributed by atoms with Crippen LogP contribution in [0, 0.1) is 0 Å². The van der Waals surface area contributed by atoms with Crippen LogP contribution < -0.4 is 5.32 Å². The monoisotopic (exact) mass is 224 g/mol. The fourth-order valence-corrected chi connectivity index (χ4v) is 1.57. The van der Waals surface area contributed by atoms with Crippen LogP contribution in [0.25, 0.3) is 0 Å². The predicted molar refractivity (Wildman–Crippen MR) is 63.1 cm³/mol. The van der Waals surface area contributed by atoms with E-state index < -0.39 is 0 Å². The molecule has 1 aromatic rings. The Morgan fingerprint density at radius 2 is 2.00 bits per heavy atom. The molecule has 1 amide bonds. The van der Waals surface area contributed by atoms with Crippen LogP contribution in [-0.2, 0) is 4.79 Å². The molecule has 2 atom stereocenters. The second kappa shape index (κ2) is 6.33. The number of hydrogen-bond donors (Lipinski definition) is 2. The highest BCUT2D eigenvalue weighted by Gasteiger charge is 2.15. The molecule has 0 aliphatic heterocycles. The van der Waals surface area contributed by atoms with Crippen LogP contribution in [0.5, 0.6) is 0 Å². The topological polar surface area (TPSA) is 54.3 Å². The van der Waals surface area contributed by atoms with Crippen LogP contribution in [0.2, 0.25) is 0 Å². The normalized spacial score (nSPS) is 14.4. The van der Waals surface area contributed by atoms with Gasteiger partial charge in [-0.15, -0.1) is 0 Å². The SMILES string of the molecule is CC(CCCO)NC(=O)C(C)n1cccc1. The third-order valence-electron chi connectivity index (χ3n) is 2.64. The van der Waals surface area contributed by atoms with E-state index in [1.807, 2.05) is 42.9 Å². The quantitative estimate of drug-likeness (QED) is 0.766. The van der Waals surface area contributed by atoms with Crippen LogP contribution >= 0.6 is 0 Å². The molecule has 4 heteroatoms. The molecule has 0 saturated heterocycles. The molecule has 0 fully saturated rings. The minimum Gasteiger partial charge on any atom is -0.396 e. The molecule has 0 aliphatic carbocycles. The summed E-state index contributed by atoms with van der Waals surface area (Å²) in [5.41, 5.74) is 0. The van der Waals surface area contributed by atoms with Gasteiger partial charge in [0, 0.05) is 25.0 Å². The van der Waals surface area contributed by atoms with E-state index in [-0.39, 0.29) is 24.6 Å². The zero-order valence-electron chi connectivity index (χ0n) is 9.89. The smallest absolute Gasteiger partial charge is 0.242 e. The second-order valence-electron chi connectivity index (χ2n) is 4.08. The van der Waals surface area contributed by atoms with Crippen molar-refractivity contribution < 1.29 is 9.90 Å². The highest BCUT2D eigenvalue weighted by Crippen LogP contribution is 2.07. The zero-order chi connectivity index (χ0) is 12.0. The summed E-state index contributed by atoms with van der Waals surface area (Å²) in [6, 6.07) is 3.72. The van der Waals surface area contributed by atoms with Gasteiger partial charge in [-0.05, 0) is 38.8 Å². The van der Waals surface area contributed by atoms with E-state index in [1.54, 1.807) is 0 Å². The summed E-state index contributed by atoms with van der Waals surface area (Å²) in [4.78, 5) is 11.8. The first-order valence-electron chi connectivity index (χ1n) is 5.69. The number of aromatic nitrogens is 1. The molecular formula is C12H20N2O2. The number of aliphatic hydroxyl groups is 1. The number of aliphatic hydroxyl groups excluding tert-OH is 1. The third-order valence-corrected chi connectivity index (χ3v) is 2.64. The van der Waals surface area contributed by atoms with Gasteiger partial charge in [0.1, 0.15) is 6.04 Å². The van der Waals surface area contributed by atoms with Crippen molar-refractivity contribution >= 4 is 5.91 Å². The molecule has 16 heavy (non-hydrogen) atoms. The number of nitrogens with zero attached hydrogens (tertiary/aromatic N) is 1. The molecule has 0 bridgehead atoms. The summed E-state index contributed by atoms with van der Waals surface area (Å²) >= 11 is 0. The Hall–Kier alpha value is -1.29. The van der Waals surface area contributed by atoms with Crippen LogP contribution in [-0.4, -0.2) is 28.2 Å². The summed E-state index contributed by atoms with van der Waals surface area (Å²) in [6.07, 6.45) is 5.28. The van der Waals surface area contributed by atoms with Crippen molar-refractivity contribution in [2.75, 3.05) is 6.61 Å². The van der Waals surface area contributed by atoms with E-state index in [2.05, 4.69) is 5.32 Å². The number of carbonyl (C=O) groups excluding carboxylic acids is 1. The summed E-state index contributed by atoms with van der Waals surface area (Å²) in [7, 11) is 0. The van der Waals surface area contributed by atoms with E-state index in [9.17, 15) is 4.79 Å². The number of carbonyl (C=O) groups is 1. The fraction of sp³-hybridized carbons (Fsp3) is 0.583. The highest BCUT2D eigenvalue weighted by molar-refractivity contribution is 5.80. The van der Waals surface area contributed by atoms with Gasteiger partial charge in [-0.25, -0.2) is 0 Å². The van der Waals surface area contributed by atoms with Crippen LogP contribution in [0.1, 0.15) is 32.7 Å². The summed E-state index contributed by atoms with van der Waals surface area (Å²) in [5, 5.41) is 11.6. The van der Waals surface area contributed by atoms with Gasteiger partial charge in [-0.3, -0.25) is 4.79 Å². The molecule has 1 rings (SSSR count). The van der Waals surface area contributed by atoms with Crippen LogP contribution in [0.4, 0.5) is 0 Å². The van der Waals surface area contributed by atoms with E-state index in [4.69, 9.17) is 5.11 Å². The first-order chi connectivity index (χ1) is 7.65. The maximum absolute atomic E-state index is 11.8. The Bertz CT molecular complexity index is 309. The van der Waals surface area contributed by atoms with Gasteiger partial charge in [-0.1, -0.05) is 0 Å². The zero-order valence-corrected chi connectivity index (χ0v) is 9.89.